The lowest BCUT2D eigenvalue weighted by Crippen LogP contribution is -2.34. The van der Waals surface area contributed by atoms with Gasteiger partial charge in [-0.25, -0.2) is 4.79 Å². The summed E-state index contributed by atoms with van der Waals surface area (Å²) in [5, 5.41) is 8.74. The van der Waals surface area contributed by atoms with Gasteiger partial charge in [-0.3, -0.25) is 4.84 Å². The number of nitrogens with one attached hydrogen (secondary N) is 1. The Morgan fingerprint density at radius 3 is 2.96 bits per heavy atom. The summed E-state index contributed by atoms with van der Waals surface area (Å²) in [6.07, 6.45) is 1.77. The fraction of sp³-hybridized carbons (Fsp3) is 0.444. The number of piperidine rings is 1. The maximum Gasteiger partial charge on any atom is 0.344 e. The fourth-order valence-electron chi connectivity index (χ4n) is 3.57. The van der Waals surface area contributed by atoms with E-state index in [4.69, 9.17) is 9.36 Å². The number of urea groups is 1. The zero-order valence-electron chi connectivity index (χ0n) is 14.2. The molecule has 1 N–H and O–H groups in total. The van der Waals surface area contributed by atoms with Gasteiger partial charge in [0.05, 0.1) is 18.6 Å². The number of rotatable bonds is 6. The Morgan fingerprint density at radius 1 is 1.32 bits per heavy atom. The second-order valence-electron chi connectivity index (χ2n) is 6.52. The van der Waals surface area contributed by atoms with Gasteiger partial charge in [-0.05, 0) is 25.5 Å². The zero-order valence-corrected chi connectivity index (χ0v) is 14.2. The third-order valence-electron chi connectivity index (χ3n) is 4.81. The summed E-state index contributed by atoms with van der Waals surface area (Å²) in [7, 11) is 1.86. The lowest BCUT2D eigenvalue weighted by molar-refractivity contribution is -0.140. The number of carbonyl (C=O) groups excluding carboxylic acids is 1. The van der Waals surface area contributed by atoms with Crippen LogP contribution in [0.5, 0.6) is 0 Å². The van der Waals surface area contributed by atoms with Gasteiger partial charge in [-0.15, -0.1) is 0 Å². The molecule has 0 saturated carbocycles. The van der Waals surface area contributed by atoms with Crippen LogP contribution in [0, 0.1) is 0 Å². The molecule has 2 aliphatic rings. The van der Waals surface area contributed by atoms with Crippen molar-refractivity contribution in [3.63, 3.8) is 0 Å². The Morgan fingerprint density at radius 2 is 2.16 bits per heavy atom. The number of benzene rings is 1. The first-order valence-corrected chi connectivity index (χ1v) is 8.63. The molecule has 7 nitrogen and oxygen atoms in total. The number of carbonyl (C=O) groups is 1. The average Bonchev–Trinajstić information content (AvgIpc) is 3.19. The van der Waals surface area contributed by atoms with Crippen molar-refractivity contribution in [3.05, 3.63) is 53.4 Å². The smallest absolute Gasteiger partial charge is 0.344 e. The summed E-state index contributed by atoms with van der Waals surface area (Å²) in [6.45, 7) is 1.70. The molecule has 2 bridgehead atoms. The molecule has 0 spiro atoms. The lowest BCUT2D eigenvalue weighted by atomic mass is 9.98. The van der Waals surface area contributed by atoms with Gasteiger partial charge in [0.1, 0.15) is 12.3 Å². The standard InChI is InChI=1S/C18H22N4O3/c1-19-10-15-9-16(20-25-15)17-8-7-14-11-21(17)18(23)22(14)24-12-13-5-3-2-4-6-13/h2-6,9,14,17,19H,7-8,10-12H2,1H3. The Balaban J connectivity index is 1.44. The number of hydroxylamine groups is 2. The first kappa shape index (κ1) is 16.1. The summed E-state index contributed by atoms with van der Waals surface area (Å²) in [4.78, 5) is 20.5. The van der Waals surface area contributed by atoms with Gasteiger partial charge in [-0.1, -0.05) is 35.5 Å². The Hall–Kier alpha value is -2.38. The van der Waals surface area contributed by atoms with Crippen molar-refractivity contribution in [1.82, 2.24) is 20.4 Å². The van der Waals surface area contributed by atoms with Crippen LogP contribution in [-0.2, 0) is 18.0 Å². The Labute approximate surface area is 146 Å². The summed E-state index contributed by atoms with van der Waals surface area (Å²) in [5.74, 6) is 0.781. The molecule has 7 heteroatoms. The van der Waals surface area contributed by atoms with Crippen molar-refractivity contribution in [2.45, 2.75) is 38.1 Å². The van der Waals surface area contributed by atoms with Gasteiger partial charge < -0.3 is 14.7 Å². The van der Waals surface area contributed by atoms with Crippen molar-refractivity contribution in [2.24, 2.45) is 0 Å². The third-order valence-corrected chi connectivity index (χ3v) is 4.81. The molecule has 1 aromatic carbocycles. The van der Waals surface area contributed by atoms with Crippen LogP contribution in [0.2, 0.25) is 0 Å². The van der Waals surface area contributed by atoms with Crippen LogP contribution >= 0.6 is 0 Å². The molecule has 25 heavy (non-hydrogen) atoms. The minimum Gasteiger partial charge on any atom is -0.360 e. The summed E-state index contributed by atoms with van der Waals surface area (Å²) < 4.78 is 5.34. The number of amides is 2. The number of fused-ring (bicyclic) bond motifs is 2. The molecular formula is C18H22N4O3. The SMILES string of the molecule is CNCc1cc(C2CCC3CN2C(=O)N3OCc2ccccc2)no1. The minimum absolute atomic E-state index is 0.0385. The predicted molar refractivity (Wildman–Crippen MR) is 90.2 cm³/mol. The van der Waals surface area contributed by atoms with Gasteiger partial charge in [0.2, 0.25) is 0 Å². The number of aromatic nitrogens is 1. The van der Waals surface area contributed by atoms with E-state index < -0.39 is 0 Å². The minimum atomic E-state index is -0.0819. The second kappa shape index (κ2) is 6.85. The summed E-state index contributed by atoms with van der Waals surface area (Å²) in [6, 6.07) is 11.8. The van der Waals surface area contributed by atoms with E-state index in [1.165, 1.54) is 0 Å². The van der Waals surface area contributed by atoms with Crippen molar-refractivity contribution in [1.29, 1.82) is 0 Å². The Bertz CT molecular complexity index is 733. The molecule has 2 atom stereocenters. The molecule has 4 rings (SSSR count). The normalized spacial score (nSPS) is 22.7. The number of hydrogen-bond donors (Lipinski definition) is 1. The highest BCUT2D eigenvalue weighted by molar-refractivity contribution is 5.77. The third kappa shape index (κ3) is 3.12. The van der Waals surface area contributed by atoms with Gasteiger partial charge in [0, 0.05) is 12.6 Å². The summed E-state index contributed by atoms with van der Waals surface area (Å²) >= 11 is 0. The van der Waals surface area contributed by atoms with Gasteiger partial charge in [0.15, 0.2) is 5.76 Å². The van der Waals surface area contributed by atoms with Crippen LogP contribution in [0.1, 0.15) is 35.9 Å². The molecule has 2 unspecified atom stereocenters. The molecule has 0 aliphatic carbocycles. The highest BCUT2D eigenvalue weighted by Gasteiger charge is 2.46. The molecule has 2 fully saturated rings. The van der Waals surface area contributed by atoms with E-state index >= 15 is 0 Å². The Kier molecular flexibility index (Phi) is 4.42. The van der Waals surface area contributed by atoms with Crippen LogP contribution in [0.25, 0.3) is 0 Å². The quantitative estimate of drug-likeness (QED) is 0.873. The molecule has 2 aliphatic heterocycles. The van der Waals surface area contributed by atoms with E-state index in [0.29, 0.717) is 19.7 Å². The van der Waals surface area contributed by atoms with E-state index in [1.807, 2.05) is 48.3 Å². The molecule has 0 radical (unpaired) electrons. The van der Waals surface area contributed by atoms with Gasteiger partial charge in [-0.2, -0.15) is 5.06 Å². The molecule has 1 aromatic heterocycles. The monoisotopic (exact) mass is 342 g/mol. The lowest BCUT2D eigenvalue weighted by Gasteiger charge is -2.28. The average molecular weight is 342 g/mol. The van der Waals surface area contributed by atoms with E-state index in [9.17, 15) is 4.79 Å². The van der Waals surface area contributed by atoms with Crippen LogP contribution in [0.3, 0.4) is 0 Å². The second-order valence-corrected chi connectivity index (χ2v) is 6.52. The first-order valence-electron chi connectivity index (χ1n) is 8.63. The van der Waals surface area contributed by atoms with E-state index in [-0.39, 0.29) is 18.1 Å². The van der Waals surface area contributed by atoms with Gasteiger partial charge in [0.25, 0.3) is 0 Å². The maximum absolute atomic E-state index is 12.8. The fourth-order valence-corrected chi connectivity index (χ4v) is 3.57. The van der Waals surface area contributed by atoms with Crippen LogP contribution in [0.4, 0.5) is 4.79 Å². The van der Waals surface area contributed by atoms with E-state index in [0.717, 1.165) is 29.9 Å². The van der Waals surface area contributed by atoms with Crippen molar-refractivity contribution in [3.8, 4) is 0 Å². The van der Waals surface area contributed by atoms with Crippen LogP contribution < -0.4 is 5.32 Å². The van der Waals surface area contributed by atoms with Crippen molar-refractivity contribution < 1.29 is 14.2 Å². The molecule has 3 heterocycles. The van der Waals surface area contributed by atoms with E-state index in [2.05, 4.69) is 10.5 Å². The van der Waals surface area contributed by atoms with Gasteiger partial charge >= 0.3 is 6.03 Å². The first-order chi connectivity index (χ1) is 12.3. The topological polar surface area (TPSA) is 70.8 Å². The van der Waals surface area contributed by atoms with Crippen molar-refractivity contribution >= 4 is 6.03 Å². The highest BCUT2D eigenvalue weighted by Crippen LogP contribution is 2.38. The summed E-state index contributed by atoms with van der Waals surface area (Å²) in [5.41, 5.74) is 1.87. The van der Waals surface area contributed by atoms with Crippen LogP contribution in [-0.4, -0.2) is 40.8 Å². The van der Waals surface area contributed by atoms with E-state index in [1.54, 1.807) is 5.06 Å². The zero-order chi connectivity index (χ0) is 17.2. The largest absolute Gasteiger partial charge is 0.360 e. The molecule has 2 saturated heterocycles. The molecule has 2 amide bonds. The number of nitrogens with zero attached hydrogens (tertiary/aromatic N) is 3. The maximum atomic E-state index is 12.8. The molecular weight excluding hydrogens is 320 g/mol. The highest BCUT2D eigenvalue weighted by atomic mass is 16.7. The number of hydrogen-bond acceptors (Lipinski definition) is 5. The molecule has 2 aromatic rings. The molecule has 132 valence electrons. The van der Waals surface area contributed by atoms with Crippen molar-refractivity contribution in [2.75, 3.05) is 13.6 Å². The van der Waals surface area contributed by atoms with Crippen LogP contribution in [0.15, 0.2) is 40.9 Å². The predicted octanol–water partition coefficient (Wildman–Crippen LogP) is 2.47.